The number of hydrogen-bond acceptors (Lipinski definition) is 5. The fourth-order valence-corrected chi connectivity index (χ4v) is 4.04. The van der Waals surface area contributed by atoms with Crippen LogP contribution in [0.1, 0.15) is 11.5 Å². The molecule has 2 aromatic carbocycles. The van der Waals surface area contributed by atoms with E-state index in [1.54, 1.807) is 0 Å². The summed E-state index contributed by atoms with van der Waals surface area (Å²) in [5, 5.41) is 11.8. The van der Waals surface area contributed by atoms with Crippen molar-refractivity contribution in [2.75, 3.05) is 0 Å². The molecule has 3 heterocycles. The summed E-state index contributed by atoms with van der Waals surface area (Å²) in [6, 6.07) is 14.2. The van der Waals surface area contributed by atoms with E-state index in [1.165, 1.54) is 0 Å². The van der Waals surface area contributed by atoms with Gasteiger partial charge >= 0.3 is 6.03 Å². The molecule has 0 bridgehead atoms. The number of imide groups is 1. The zero-order valence-corrected chi connectivity index (χ0v) is 17.2. The van der Waals surface area contributed by atoms with Crippen LogP contribution in [0, 0.1) is 0 Å². The smallest absolute Gasteiger partial charge is 0.325 e. The van der Waals surface area contributed by atoms with E-state index in [2.05, 4.69) is 36.4 Å². The summed E-state index contributed by atoms with van der Waals surface area (Å²) in [4.78, 5) is 29.6. The Morgan fingerprint density at radius 1 is 1.07 bits per heavy atom. The first-order chi connectivity index (χ1) is 14.6. The SMILES string of the molecule is O=C1N[C@H](Cc2c[nH]c3ccccc23)C(=O)N1Cc1nnc(-c2ccccc2Br)o1. The topological polar surface area (TPSA) is 104 Å². The van der Waals surface area contributed by atoms with Crippen LogP contribution in [0.25, 0.3) is 22.4 Å². The van der Waals surface area contributed by atoms with Crippen molar-refractivity contribution < 1.29 is 14.0 Å². The molecule has 150 valence electrons. The first-order valence-electron chi connectivity index (χ1n) is 9.34. The second-order valence-corrected chi connectivity index (χ2v) is 7.83. The number of nitrogens with zero attached hydrogens (tertiary/aromatic N) is 3. The number of para-hydroxylation sites is 1. The largest absolute Gasteiger partial charge is 0.419 e. The summed E-state index contributed by atoms with van der Waals surface area (Å²) in [6.45, 7) is -0.0769. The van der Waals surface area contributed by atoms with E-state index in [0.29, 0.717) is 12.3 Å². The number of halogens is 1. The Labute approximate surface area is 179 Å². The van der Waals surface area contributed by atoms with E-state index in [0.717, 1.165) is 31.4 Å². The molecule has 1 fully saturated rings. The molecule has 4 aromatic rings. The second kappa shape index (κ2) is 7.42. The Morgan fingerprint density at radius 2 is 1.87 bits per heavy atom. The number of H-pyrrole nitrogens is 1. The Morgan fingerprint density at radius 3 is 2.73 bits per heavy atom. The monoisotopic (exact) mass is 465 g/mol. The van der Waals surface area contributed by atoms with Crippen LogP contribution < -0.4 is 5.32 Å². The number of rotatable bonds is 5. The number of aromatic amines is 1. The van der Waals surface area contributed by atoms with Crippen LogP contribution in [0.3, 0.4) is 0 Å². The Balaban J connectivity index is 1.32. The molecule has 0 unspecified atom stereocenters. The van der Waals surface area contributed by atoms with Gasteiger partial charge in [-0.05, 0) is 39.7 Å². The van der Waals surface area contributed by atoms with Gasteiger partial charge in [0.25, 0.3) is 5.91 Å². The minimum atomic E-state index is -0.637. The van der Waals surface area contributed by atoms with E-state index in [1.807, 2.05) is 54.7 Å². The van der Waals surface area contributed by atoms with Crippen LogP contribution in [-0.4, -0.2) is 38.1 Å². The summed E-state index contributed by atoms with van der Waals surface area (Å²) in [5.74, 6) is 0.197. The minimum Gasteiger partial charge on any atom is -0.419 e. The molecule has 0 radical (unpaired) electrons. The normalized spacial score (nSPS) is 16.4. The van der Waals surface area contributed by atoms with Crippen molar-refractivity contribution >= 4 is 38.8 Å². The van der Waals surface area contributed by atoms with Crippen molar-refractivity contribution in [1.82, 2.24) is 25.4 Å². The van der Waals surface area contributed by atoms with Gasteiger partial charge in [0.1, 0.15) is 12.6 Å². The number of fused-ring (bicyclic) bond motifs is 1. The standard InChI is InChI=1S/C21H16BrN5O3/c22-15-7-3-1-6-14(15)19-26-25-18(30-19)11-27-20(28)17(24-21(27)29)9-12-10-23-16-8-4-2-5-13(12)16/h1-8,10,17,23H,9,11H2,(H,24,29)/t17-/m1/s1. The highest BCUT2D eigenvalue weighted by molar-refractivity contribution is 9.10. The van der Waals surface area contributed by atoms with Gasteiger partial charge in [-0.15, -0.1) is 10.2 Å². The Hall–Kier alpha value is -3.46. The van der Waals surface area contributed by atoms with Crippen LogP contribution >= 0.6 is 15.9 Å². The highest BCUT2D eigenvalue weighted by Crippen LogP contribution is 2.27. The predicted octanol–water partition coefficient (Wildman–Crippen LogP) is 3.64. The molecule has 0 aliphatic carbocycles. The summed E-state index contributed by atoms with van der Waals surface area (Å²) >= 11 is 3.44. The van der Waals surface area contributed by atoms with Crippen LogP contribution in [0.4, 0.5) is 4.79 Å². The molecular weight excluding hydrogens is 450 g/mol. The molecule has 1 aliphatic heterocycles. The maximum Gasteiger partial charge on any atom is 0.325 e. The van der Waals surface area contributed by atoms with Gasteiger partial charge in [-0.2, -0.15) is 0 Å². The van der Waals surface area contributed by atoms with E-state index < -0.39 is 12.1 Å². The number of benzene rings is 2. The van der Waals surface area contributed by atoms with E-state index in [-0.39, 0.29) is 18.3 Å². The molecule has 5 rings (SSSR count). The van der Waals surface area contributed by atoms with Crippen molar-refractivity contribution in [3.63, 3.8) is 0 Å². The molecular formula is C21H16BrN5O3. The van der Waals surface area contributed by atoms with Gasteiger partial charge in [0, 0.05) is 28.0 Å². The zero-order valence-electron chi connectivity index (χ0n) is 15.6. The maximum absolute atomic E-state index is 12.8. The van der Waals surface area contributed by atoms with Gasteiger partial charge in [0.05, 0.1) is 5.56 Å². The molecule has 8 nitrogen and oxygen atoms in total. The highest BCUT2D eigenvalue weighted by Gasteiger charge is 2.39. The molecule has 1 saturated heterocycles. The third-order valence-corrected chi connectivity index (χ3v) is 5.76. The van der Waals surface area contributed by atoms with E-state index in [4.69, 9.17) is 4.42 Å². The third kappa shape index (κ3) is 3.26. The molecule has 30 heavy (non-hydrogen) atoms. The lowest BCUT2D eigenvalue weighted by molar-refractivity contribution is -0.128. The number of nitrogens with one attached hydrogen (secondary N) is 2. The summed E-state index contributed by atoms with van der Waals surface area (Å²) < 4.78 is 6.49. The third-order valence-electron chi connectivity index (χ3n) is 5.07. The molecule has 2 N–H and O–H groups in total. The molecule has 0 saturated carbocycles. The van der Waals surface area contributed by atoms with Gasteiger partial charge < -0.3 is 14.7 Å². The molecule has 0 spiro atoms. The molecule has 2 aromatic heterocycles. The summed E-state index contributed by atoms with van der Waals surface area (Å²) in [7, 11) is 0. The Kier molecular flexibility index (Phi) is 4.59. The van der Waals surface area contributed by atoms with Gasteiger partial charge in [-0.1, -0.05) is 30.3 Å². The van der Waals surface area contributed by atoms with Crippen molar-refractivity contribution in [2.24, 2.45) is 0 Å². The lowest BCUT2D eigenvalue weighted by Crippen LogP contribution is -2.32. The number of aromatic nitrogens is 3. The Bertz CT molecular complexity index is 1260. The summed E-state index contributed by atoms with van der Waals surface area (Å²) in [6.07, 6.45) is 2.27. The van der Waals surface area contributed by atoms with Crippen molar-refractivity contribution in [2.45, 2.75) is 19.0 Å². The zero-order chi connectivity index (χ0) is 20.7. The van der Waals surface area contributed by atoms with E-state index >= 15 is 0 Å². The van der Waals surface area contributed by atoms with Gasteiger partial charge in [-0.3, -0.25) is 9.69 Å². The van der Waals surface area contributed by atoms with Crippen LogP contribution in [0.2, 0.25) is 0 Å². The van der Waals surface area contributed by atoms with Gasteiger partial charge in [0.2, 0.25) is 11.8 Å². The lowest BCUT2D eigenvalue weighted by atomic mass is 10.1. The fourth-order valence-electron chi connectivity index (χ4n) is 3.58. The number of hydrogen-bond donors (Lipinski definition) is 2. The van der Waals surface area contributed by atoms with Crippen molar-refractivity contribution in [3.8, 4) is 11.5 Å². The molecule has 1 atom stereocenters. The molecule has 1 aliphatic rings. The fraction of sp³-hybridized carbons (Fsp3) is 0.143. The number of carbonyl (C=O) groups is 2. The van der Waals surface area contributed by atoms with Crippen LogP contribution in [-0.2, 0) is 17.8 Å². The lowest BCUT2D eigenvalue weighted by Gasteiger charge is -2.10. The highest BCUT2D eigenvalue weighted by atomic mass is 79.9. The quantitative estimate of drug-likeness (QED) is 0.437. The molecule has 3 amide bonds. The van der Waals surface area contributed by atoms with E-state index in [9.17, 15) is 9.59 Å². The van der Waals surface area contributed by atoms with Gasteiger partial charge in [0.15, 0.2) is 0 Å². The first-order valence-corrected chi connectivity index (χ1v) is 10.1. The number of carbonyl (C=O) groups excluding carboxylic acids is 2. The second-order valence-electron chi connectivity index (χ2n) is 6.97. The number of urea groups is 1. The van der Waals surface area contributed by atoms with Crippen molar-refractivity contribution in [1.29, 1.82) is 0 Å². The molecule has 9 heteroatoms. The number of amides is 3. The average Bonchev–Trinajstić information content (AvgIpc) is 3.44. The van der Waals surface area contributed by atoms with Crippen LogP contribution in [0.5, 0.6) is 0 Å². The van der Waals surface area contributed by atoms with Gasteiger partial charge in [-0.25, -0.2) is 4.79 Å². The average molecular weight is 466 g/mol. The first kappa shape index (κ1) is 18.6. The predicted molar refractivity (Wildman–Crippen MR) is 112 cm³/mol. The van der Waals surface area contributed by atoms with Crippen molar-refractivity contribution in [3.05, 3.63) is 70.7 Å². The maximum atomic E-state index is 12.8. The van der Waals surface area contributed by atoms with Crippen LogP contribution in [0.15, 0.2) is 63.6 Å². The summed E-state index contributed by atoms with van der Waals surface area (Å²) in [5.41, 5.74) is 2.71. The minimum absolute atomic E-state index is 0.0769.